The maximum absolute atomic E-state index is 13.2. The number of nitrogens with one attached hydrogen (secondary N) is 1. The molecule has 0 aliphatic heterocycles. The third-order valence-electron chi connectivity index (χ3n) is 3.67. The minimum absolute atomic E-state index is 0.0669. The van der Waals surface area contributed by atoms with E-state index < -0.39 is 0 Å². The molecule has 0 radical (unpaired) electrons. The second kappa shape index (κ2) is 5.84. The normalized spacial score (nSPS) is 12.5. The van der Waals surface area contributed by atoms with Crippen LogP contribution in [0.1, 0.15) is 17.2 Å². The van der Waals surface area contributed by atoms with Gasteiger partial charge in [0.05, 0.1) is 6.04 Å². The first-order chi connectivity index (χ1) is 10.2. The number of halogens is 2. The van der Waals surface area contributed by atoms with Crippen molar-refractivity contribution in [1.82, 2.24) is 5.32 Å². The molecule has 0 saturated carbocycles. The van der Waals surface area contributed by atoms with Crippen LogP contribution in [0, 0.1) is 5.82 Å². The number of rotatable bonds is 3. The molecule has 21 heavy (non-hydrogen) atoms. The maximum Gasteiger partial charge on any atom is 0.124 e. The van der Waals surface area contributed by atoms with Crippen molar-refractivity contribution < 1.29 is 4.39 Å². The van der Waals surface area contributed by atoms with Crippen molar-refractivity contribution >= 4 is 22.4 Å². The Bertz CT molecular complexity index is 785. The van der Waals surface area contributed by atoms with Gasteiger partial charge in [0.2, 0.25) is 0 Å². The van der Waals surface area contributed by atoms with Crippen molar-refractivity contribution in [3.05, 3.63) is 82.6 Å². The lowest BCUT2D eigenvalue weighted by Crippen LogP contribution is -2.18. The molecule has 0 spiro atoms. The Morgan fingerprint density at radius 3 is 2.43 bits per heavy atom. The molecule has 0 bridgehead atoms. The molecule has 0 aromatic heterocycles. The van der Waals surface area contributed by atoms with E-state index in [4.69, 9.17) is 11.6 Å². The minimum Gasteiger partial charge on any atom is -0.309 e. The number of hydrogen-bond donors (Lipinski definition) is 1. The van der Waals surface area contributed by atoms with Crippen molar-refractivity contribution in [2.24, 2.45) is 0 Å². The zero-order valence-corrected chi connectivity index (χ0v) is 12.4. The number of benzene rings is 3. The summed E-state index contributed by atoms with van der Waals surface area (Å²) in [6.07, 6.45) is 0. The van der Waals surface area contributed by atoms with Crippen molar-refractivity contribution in [2.45, 2.75) is 6.04 Å². The van der Waals surface area contributed by atoms with Crippen LogP contribution in [0.25, 0.3) is 10.8 Å². The topological polar surface area (TPSA) is 12.0 Å². The largest absolute Gasteiger partial charge is 0.309 e. The van der Waals surface area contributed by atoms with Gasteiger partial charge in [-0.05, 0) is 47.1 Å². The van der Waals surface area contributed by atoms with E-state index in [0.29, 0.717) is 5.02 Å². The van der Waals surface area contributed by atoms with Gasteiger partial charge in [-0.2, -0.15) is 0 Å². The lowest BCUT2D eigenvalue weighted by molar-refractivity contribution is 0.623. The zero-order chi connectivity index (χ0) is 14.8. The van der Waals surface area contributed by atoms with E-state index in [0.717, 1.165) is 11.1 Å². The molecule has 0 amide bonds. The second-order valence-electron chi connectivity index (χ2n) is 4.99. The molecule has 3 aromatic carbocycles. The van der Waals surface area contributed by atoms with Gasteiger partial charge < -0.3 is 5.32 Å². The monoisotopic (exact) mass is 299 g/mol. The van der Waals surface area contributed by atoms with E-state index in [1.54, 1.807) is 6.07 Å². The Morgan fingerprint density at radius 1 is 0.952 bits per heavy atom. The molecule has 0 heterocycles. The van der Waals surface area contributed by atoms with Crippen LogP contribution in [0.5, 0.6) is 0 Å². The predicted octanol–water partition coefficient (Wildman–Crippen LogP) is 4.94. The summed E-state index contributed by atoms with van der Waals surface area (Å²) < 4.78 is 13.2. The first-order valence-electron chi connectivity index (χ1n) is 6.80. The summed E-state index contributed by atoms with van der Waals surface area (Å²) in [5.74, 6) is -0.322. The molecule has 0 fully saturated rings. The van der Waals surface area contributed by atoms with Crippen LogP contribution < -0.4 is 5.32 Å². The molecule has 0 saturated heterocycles. The summed E-state index contributed by atoms with van der Waals surface area (Å²) in [6, 6.07) is 19.0. The van der Waals surface area contributed by atoms with E-state index >= 15 is 0 Å². The van der Waals surface area contributed by atoms with Crippen molar-refractivity contribution in [3.63, 3.8) is 0 Å². The van der Waals surface area contributed by atoms with E-state index in [1.807, 2.05) is 19.2 Å². The van der Waals surface area contributed by atoms with Crippen LogP contribution >= 0.6 is 11.6 Å². The third kappa shape index (κ3) is 2.78. The van der Waals surface area contributed by atoms with E-state index in [2.05, 4.69) is 35.6 Å². The highest BCUT2D eigenvalue weighted by Gasteiger charge is 2.16. The highest BCUT2D eigenvalue weighted by molar-refractivity contribution is 6.31. The van der Waals surface area contributed by atoms with Gasteiger partial charge in [0.1, 0.15) is 5.82 Å². The van der Waals surface area contributed by atoms with Gasteiger partial charge in [0.15, 0.2) is 0 Å². The molecule has 0 aliphatic carbocycles. The summed E-state index contributed by atoms with van der Waals surface area (Å²) in [6.45, 7) is 0. The van der Waals surface area contributed by atoms with Crippen LogP contribution in [0.4, 0.5) is 4.39 Å². The van der Waals surface area contributed by atoms with E-state index in [-0.39, 0.29) is 11.9 Å². The fourth-order valence-electron chi connectivity index (χ4n) is 2.62. The fraction of sp³-hybridized carbons (Fsp3) is 0.111. The average molecular weight is 300 g/mol. The predicted molar refractivity (Wildman–Crippen MR) is 86.3 cm³/mol. The van der Waals surface area contributed by atoms with Gasteiger partial charge in [-0.25, -0.2) is 4.39 Å². The standard InChI is InChI=1S/C18H15ClFN/c1-21-18(16-9-8-15(20)11-17(16)19)14-7-6-12-4-2-3-5-13(12)10-14/h2-11,18,21H,1H3. The number of fused-ring (bicyclic) bond motifs is 1. The Hall–Kier alpha value is -1.90. The maximum atomic E-state index is 13.2. The van der Waals surface area contributed by atoms with E-state index in [9.17, 15) is 4.39 Å². The molecule has 106 valence electrons. The molecule has 0 aliphatic rings. The van der Waals surface area contributed by atoms with Gasteiger partial charge in [0, 0.05) is 5.02 Å². The van der Waals surface area contributed by atoms with Crippen LogP contribution in [-0.2, 0) is 0 Å². The lowest BCUT2D eigenvalue weighted by Gasteiger charge is -2.19. The van der Waals surface area contributed by atoms with Gasteiger partial charge >= 0.3 is 0 Å². The van der Waals surface area contributed by atoms with Gasteiger partial charge in [-0.15, -0.1) is 0 Å². The highest BCUT2D eigenvalue weighted by Crippen LogP contribution is 2.30. The molecular formula is C18H15ClFN. The quantitative estimate of drug-likeness (QED) is 0.722. The van der Waals surface area contributed by atoms with Crippen LogP contribution in [0.3, 0.4) is 0 Å². The summed E-state index contributed by atoms with van der Waals surface area (Å²) in [4.78, 5) is 0. The minimum atomic E-state index is -0.322. The number of hydrogen-bond acceptors (Lipinski definition) is 1. The first-order valence-corrected chi connectivity index (χ1v) is 7.18. The van der Waals surface area contributed by atoms with Crippen molar-refractivity contribution in [3.8, 4) is 0 Å². The SMILES string of the molecule is CNC(c1ccc2ccccc2c1)c1ccc(F)cc1Cl. The van der Waals surface area contributed by atoms with Gasteiger partial charge in [-0.3, -0.25) is 0 Å². The summed E-state index contributed by atoms with van der Waals surface area (Å²) in [7, 11) is 1.87. The Labute approximate surface area is 128 Å². The van der Waals surface area contributed by atoms with Gasteiger partial charge in [0.25, 0.3) is 0 Å². The fourth-order valence-corrected chi connectivity index (χ4v) is 2.90. The molecule has 1 nitrogen and oxygen atoms in total. The second-order valence-corrected chi connectivity index (χ2v) is 5.40. The van der Waals surface area contributed by atoms with Gasteiger partial charge in [-0.1, -0.05) is 54.1 Å². The molecule has 1 N–H and O–H groups in total. The summed E-state index contributed by atoms with van der Waals surface area (Å²) in [5.41, 5.74) is 1.97. The zero-order valence-electron chi connectivity index (χ0n) is 11.6. The smallest absolute Gasteiger partial charge is 0.124 e. The van der Waals surface area contributed by atoms with Crippen molar-refractivity contribution in [2.75, 3.05) is 7.05 Å². The van der Waals surface area contributed by atoms with Crippen LogP contribution in [0.2, 0.25) is 5.02 Å². The molecule has 3 rings (SSSR count). The van der Waals surface area contributed by atoms with E-state index in [1.165, 1.54) is 22.9 Å². The first kappa shape index (κ1) is 14.1. The van der Waals surface area contributed by atoms with Crippen molar-refractivity contribution in [1.29, 1.82) is 0 Å². The lowest BCUT2D eigenvalue weighted by atomic mass is 9.96. The average Bonchev–Trinajstić information content (AvgIpc) is 2.50. The molecule has 3 heteroatoms. The molecule has 3 aromatic rings. The van der Waals surface area contributed by atoms with Crippen LogP contribution in [-0.4, -0.2) is 7.05 Å². The Kier molecular flexibility index (Phi) is 3.91. The summed E-state index contributed by atoms with van der Waals surface area (Å²) >= 11 is 6.19. The summed E-state index contributed by atoms with van der Waals surface area (Å²) in [5, 5.41) is 6.06. The highest BCUT2D eigenvalue weighted by atomic mass is 35.5. The Balaban J connectivity index is 2.09. The molecule has 1 atom stereocenters. The third-order valence-corrected chi connectivity index (χ3v) is 4.00. The Morgan fingerprint density at radius 2 is 1.71 bits per heavy atom. The van der Waals surface area contributed by atoms with Crippen LogP contribution in [0.15, 0.2) is 60.7 Å². The molecular weight excluding hydrogens is 285 g/mol. The molecule has 1 unspecified atom stereocenters.